The molecule has 2 heterocycles. The molecule has 1 saturated carbocycles. The lowest BCUT2D eigenvalue weighted by Gasteiger charge is -2.34. The van der Waals surface area contributed by atoms with Crippen LogP contribution < -0.4 is 5.32 Å². The molecule has 0 spiro atoms. The summed E-state index contributed by atoms with van der Waals surface area (Å²) in [5.74, 6) is 0.667. The molecule has 2 amide bonds. The lowest BCUT2D eigenvalue weighted by molar-refractivity contribution is -0.0308. The van der Waals surface area contributed by atoms with E-state index in [1.54, 1.807) is 10.9 Å². The van der Waals surface area contributed by atoms with Gasteiger partial charge in [-0.25, -0.2) is 4.79 Å². The largest absolute Gasteiger partial charge is 0.374 e. The highest BCUT2D eigenvalue weighted by Gasteiger charge is 2.29. The van der Waals surface area contributed by atoms with Gasteiger partial charge in [-0.3, -0.25) is 4.68 Å². The number of aromatic nitrogens is 2. The van der Waals surface area contributed by atoms with Crippen LogP contribution in [0, 0.1) is 5.92 Å². The first-order valence-electron chi connectivity index (χ1n) is 8.40. The normalized spacial score (nSPS) is 22.1. The number of hydrogen-bond acceptors (Lipinski definition) is 4. The van der Waals surface area contributed by atoms with Crippen molar-refractivity contribution in [3.8, 4) is 0 Å². The standard InChI is InChI=1S/C16H27N5O2/c1-19-5-6-23-15(11-19)12-21(10-13-3-4-13)16(22)17-7-14-8-18-20(2)9-14/h8-9,13,15H,3-7,10-12H2,1-2H3,(H,17,22)/t15-/m1/s1. The summed E-state index contributed by atoms with van der Waals surface area (Å²) < 4.78 is 7.57. The summed E-state index contributed by atoms with van der Waals surface area (Å²) in [6.07, 6.45) is 6.28. The fourth-order valence-electron chi connectivity index (χ4n) is 2.93. The van der Waals surface area contributed by atoms with Crippen LogP contribution in [-0.4, -0.2) is 71.5 Å². The Morgan fingerprint density at radius 3 is 2.91 bits per heavy atom. The van der Waals surface area contributed by atoms with Gasteiger partial charge in [-0.1, -0.05) is 0 Å². The SMILES string of the molecule is CN1CCO[C@@H](CN(CC2CC2)C(=O)NCc2cnn(C)c2)C1. The molecule has 0 aromatic carbocycles. The number of rotatable bonds is 6. The Labute approximate surface area is 137 Å². The highest BCUT2D eigenvalue weighted by Crippen LogP contribution is 2.30. The minimum Gasteiger partial charge on any atom is -0.374 e. The Kier molecular flexibility index (Phi) is 5.17. The fraction of sp³-hybridized carbons (Fsp3) is 0.750. The topological polar surface area (TPSA) is 62.6 Å². The van der Waals surface area contributed by atoms with E-state index in [9.17, 15) is 4.79 Å². The molecule has 0 bridgehead atoms. The van der Waals surface area contributed by atoms with E-state index in [0.29, 0.717) is 19.0 Å². The molecule has 2 fully saturated rings. The summed E-state index contributed by atoms with van der Waals surface area (Å²) >= 11 is 0. The summed E-state index contributed by atoms with van der Waals surface area (Å²) in [4.78, 5) is 16.7. The summed E-state index contributed by atoms with van der Waals surface area (Å²) in [7, 11) is 3.98. The first-order valence-corrected chi connectivity index (χ1v) is 8.40. The van der Waals surface area contributed by atoms with Gasteiger partial charge >= 0.3 is 6.03 Å². The van der Waals surface area contributed by atoms with Crippen LogP contribution in [0.25, 0.3) is 0 Å². The Balaban J connectivity index is 1.52. The maximum atomic E-state index is 12.6. The predicted molar refractivity (Wildman–Crippen MR) is 87.0 cm³/mol. The van der Waals surface area contributed by atoms with E-state index in [4.69, 9.17) is 4.74 Å². The van der Waals surface area contributed by atoms with Gasteiger partial charge in [-0.2, -0.15) is 5.10 Å². The molecule has 1 saturated heterocycles. The molecule has 1 N–H and O–H groups in total. The molecule has 128 valence electrons. The first kappa shape index (κ1) is 16.3. The van der Waals surface area contributed by atoms with Crippen LogP contribution >= 0.6 is 0 Å². The monoisotopic (exact) mass is 321 g/mol. The molecule has 2 aliphatic rings. The Morgan fingerprint density at radius 1 is 1.43 bits per heavy atom. The van der Waals surface area contributed by atoms with E-state index in [1.165, 1.54) is 12.8 Å². The molecule has 1 aromatic rings. The van der Waals surface area contributed by atoms with Gasteiger partial charge in [0.1, 0.15) is 0 Å². The van der Waals surface area contributed by atoms with E-state index in [2.05, 4.69) is 22.4 Å². The number of nitrogens with one attached hydrogen (secondary N) is 1. The lowest BCUT2D eigenvalue weighted by atomic mass is 10.2. The smallest absolute Gasteiger partial charge is 0.317 e. The van der Waals surface area contributed by atoms with Gasteiger partial charge in [0.15, 0.2) is 0 Å². The van der Waals surface area contributed by atoms with E-state index in [1.807, 2.05) is 18.1 Å². The van der Waals surface area contributed by atoms with Crippen molar-refractivity contribution in [1.29, 1.82) is 0 Å². The van der Waals surface area contributed by atoms with Gasteiger partial charge in [-0.15, -0.1) is 0 Å². The van der Waals surface area contributed by atoms with Crippen LogP contribution in [0.1, 0.15) is 18.4 Å². The van der Waals surface area contributed by atoms with Crippen molar-refractivity contribution >= 4 is 6.03 Å². The number of nitrogens with zero attached hydrogens (tertiary/aromatic N) is 4. The summed E-state index contributed by atoms with van der Waals surface area (Å²) in [5.41, 5.74) is 1.01. The molecule has 0 unspecified atom stereocenters. The maximum Gasteiger partial charge on any atom is 0.317 e. The number of carbonyl (C=O) groups is 1. The molecular weight excluding hydrogens is 294 g/mol. The molecule has 7 nitrogen and oxygen atoms in total. The number of likely N-dealkylation sites (N-methyl/N-ethyl adjacent to an activating group) is 1. The second-order valence-electron chi connectivity index (χ2n) is 6.78. The maximum absolute atomic E-state index is 12.6. The molecular formula is C16H27N5O2. The third kappa shape index (κ3) is 4.94. The molecule has 1 aromatic heterocycles. The van der Waals surface area contributed by atoms with Gasteiger partial charge in [0.2, 0.25) is 0 Å². The zero-order valence-electron chi connectivity index (χ0n) is 14.1. The van der Waals surface area contributed by atoms with Crippen molar-refractivity contribution in [2.24, 2.45) is 13.0 Å². The molecule has 23 heavy (non-hydrogen) atoms. The molecule has 1 aliphatic carbocycles. The van der Waals surface area contributed by atoms with Crippen LogP contribution in [0.3, 0.4) is 0 Å². The summed E-state index contributed by atoms with van der Waals surface area (Å²) in [5, 5.41) is 7.14. The van der Waals surface area contributed by atoms with Crippen LogP contribution in [0.2, 0.25) is 0 Å². The minimum absolute atomic E-state index is 0.00224. The Morgan fingerprint density at radius 2 is 2.26 bits per heavy atom. The van der Waals surface area contributed by atoms with Gasteiger partial charge < -0.3 is 19.9 Å². The number of morpholine rings is 1. The number of aryl methyl sites for hydroxylation is 1. The third-order valence-electron chi connectivity index (χ3n) is 4.43. The number of urea groups is 1. The van der Waals surface area contributed by atoms with Gasteiger partial charge in [0.25, 0.3) is 0 Å². The van der Waals surface area contributed by atoms with Crippen molar-refractivity contribution in [2.75, 3.05) is 39.8 Å². The zero-order valence-corrected chi connectivity index (χ0v) is 14.1. The van der Waals surface area contributed by atoms with E-state index in [0.717, 1.165) is 31.8 Å². The summed E-state index contributed by atoms with van der Waals surface area (Å²) in [6.45, 7) is 4.61. The minimum atomic E-state index is -0.00224. The van der Waals surface area contributed by atoms with Gasteiger partial charge in [0, 0.05) is 51.5 Å². The predicted octanol–water partition coefficient (Wildman–Crippen LogP) is 0.672. The molecule has 7 heteroatoms. The average molecular weight is 321 g/mol. The van der Waals surface area contributed by atoms with Gasteiger partial charge in [0.05, 0.1) is 18.9 Å². The van der Waals surface area contributed by atoms with Crippen LogP contribution in [0.4, 0.5) is 4.79 Å². The van der Waals surface area contributed by atoms with E-state index < -0.39 is 0 Å². The van der Waals surface area contributed by atoms with Crippen LogP contribution in [0.5, 0.6) is 0 Å². The summed E-state index contributed by atoms with van der Waals surface area (Å²) in [6, 6.07) is -0.00224. The van der Waals surface area contributed by atoms with Gasteiger partial charge in [-0.05, 0) is 25.8 Å². The van der Waals surface area contributed by atoms with Crippen LogP contribution in [0.15, 0.2) is 12.4 Å². The number of ether oxygens (including phenoxy) is 1. The number of hydrogen-bond donors (Lipinski definition) is 1. The third-order valence-corrected chi connectivity index (χ3v) is 4.43. The first-order chi connectivity index (χ1) is 11.1. The fourth-order valence-corrected chi connectivity index (χ4v) is 2.93. The van der Waals surface area contributed by atoms with Crippen molar-refractivity contribution in [3.05, 3.63) is 18.0 Å². The second-order valence-corrected chi connectivity index (χ2v) is 6.78. The molecule has 3 rings (SSSR count). The van der Waals surface area contributed by atoms with Crippen molar-refractivity contribution in [1.82, 2.24) is 24.9 Å². The Bertz CT molecular complexity index is 528. The zero-order chi connectivity index (χ0) is 16.2. The highest BCUT2D eigenvalue weighted by atomic mass is 16.5. The molecule has 1 aliphatic heterocycles. The van der Waals surface area contributed by atoms with E-state index >= 15 is 0 Å². The van der Waals surface area contributed by atoms with Crippen LogP contribution in [-0.2, 0) is 18.3 Å². The highest BCUT2D eigenvalue weighted by molar-refractivity contribution is 5.74. The quantitative estimate of drug-likeness (QED) is 0.837. The Hall–Kier alpha value is -1.60. The van der Waals surface area contributed by atoms with E-state index in [-0.39, 0.29) is 12.1 Å². The second kappa shape index (κ2) is 7.31. The van der Waals surface area contributed by atoms with Crippen molar-refractivity contribution in [3.63, 3.8) is 0 Å². The van der Waals surface area contributed by atoms with Crippen molar-refractivity contribution < 1.29 is 9.53 Å². The number of carbonyl (C=O) groups excluding carboxylic acids is 1. The number of amides is 2. The average Bonchev–Trinajstić information content (AvgIpc) is 3.24. The lowest BCUT2D eigenvalue weighted by Crippen LogP contribution is -2.50. The van der Waals surface area contributed by atoms with Crippen molar-refractivity contribution in [2.45, 2.75) is 25.5 Å². The molecule has 0 radical (unpaired) electrons. The molecule has 1 atom stereocenters.